The highest BCUT2D eigenvalue weighted by Crippen LogP contribution is 2.15. The molecule has 0 aliphatic carbocycles. The first kappa shape index (κ1) is 12.1. The van der Waals surface area contributed by atoms with Crippen molar-refractivity contribution < 1.29 is 9.47 Å². The first-order chi connectivity index (χ1) is 8.38. The summed E-state index contributed by atoms with van der Waals surface area (Å²) in [6, 6.07) is 2.18. The van der Waals surface area contributed by atoms with Crippen molar-refractivity contribution >= 4 is 5.82 Å². The summed E-state index contributed by atoms with van der Waals surface area (Å²) in [6.07, 6.45) is 4.72. The Morgan fingerprint density at radius 1 is 1.53 bits per heavy atom. The smallest absolute Gasteiger partial charge is 0.218 e. The van der Waals surface area contributed by atoms with E-state index < -0.39 is 0 Å². The third-order valence-corrected chi connectivity index (χ3v) is 2.61. The number of hydrogen-bond donors (Lipinski definition) is 1. The number of anilines is 1. The van der Waals surface area contributed by atoms with Gasteiger partial charge in [0.15, 0.2) is 0 Å². The largest absolute Gasteiger partial charge is 0.478 e. The van der Waals surface area contributed by atoms with Crippen LogP contribution < -0.4 is 10.1 Å². The monoisotopic (exact) mass is 237 g/mol. The minimum Gasteiger partial charge on any atom is -0.478 e. The molecule has 1 fully saturated rings. The van der Waals surface area contributed by atoms with E-state index in [0.717, 1.165) is 38.3 Å². The highest BCUT2D eigenvalue weighted by atomic mass is 16.5. The van der Waals surface area contributed by atoms with Gasteiger partial charge in [-0.2, -0.15) is 0 Å². The van der Waals surface area contributed by atoms with Crippen LogP contribution in [0.2, 0.25) is 0 Å². The van der Waals surface area contributed by atoms with Crippen molar-refractivity contribution in [3.05, 3.63) is 12.4 Å². The SMILES string of the molecule is CCCOc1cc(NC2CCCOC2)ncn1. The fourth-order valence-corrected chi connectivity index (χ4v) is 1.77. The molecule has 0 radical (unpaired) electrons. The molecule has 1 aliphatic heterocycles. The van der Waals surface area contributed by atoms with Gasteiger partial charge in [-0.3, -0.25) is 0 Å². The summed E-state index contributed by atoms with van der Waals surface area (Å²) >= 11 is 0. The van der Waals surface area contributed by atoms with Gasteiger partial charge in [-0.25, -0.2) is 9.97 Å². The van der Waals surface area contributed by atoms with Crippen LogP contribution in [0.3, 0.4) is 0 Å². The van der Waals surface area contributed by atoms with Gasteiger partial charge in [0.25, 0.3) is 0 Å². The van der Waals surface area contributed by atoms with E-state index >= 15 is 0 Å². The summed E-state index contributed by atoms with van der Waals surface area (Å²) in [7, 11) is 0. The van der Waals surface area contributed by atoms with E-state index in [9.17, 15) is 0 Å². The lowest BCUT2D eigenvalue weighted by molar-refractivity contribution is 0.0875. The predicted octanol–water partition coefficient (Wildman–Crippen LogP) is 1.86. The van der Waals surface area contributed by atoms with Gasteiger partial charge in [0.05, 0.1) is 19.3 Å². The van der Waals surface area contributed by atoms with Crippen molar-refractivity contribution in [2.24, 2.45) is 0 Å². The van der Waals surface area contributed by atoms with Crippen LogP contribution in [0.4, 0.5) is 5.82 Å². The van der Waals surface area contributed by atoms with Crippen LogP contribution >= 0.6 is 0 Å². The molecule has 0 bridgehead atoms. The van der Waals surface area contributed by atoms with E-state index in [-0.39, 0.29) is 0 Å². The van der Waals surface area contributed by atoms with E-state index in [1.54, 1.807) is 0 Å². The fraction of sp³-hybridized carbons (Fsp3) is 0.667. The topological polar surface area (TPSA) is 56.3 Å². The molecule has 5 heteroatoms. The molecule has 1 saturated heterocycles. The zero-order valence-electron chi connectivity index (χ0n) is 10.2. The Bertz CT molecular complexity index is 340. The number of aromatic nitrogens is 2. The van der Waals surface area contributed by atoms with Crippen molar-refractivity contribution in [1.82, 2.24) is 9.97 Å². The standard InChI is InChI=1S/C12H19N3O2/c1-2-5-17-12-7-11(13-9-14-12)15-10-4-3-6-16-8-10/h7,9-10H,2-6,8H2,1H3,(H,13,14,15). The van der Waals surface area contributed by atoms with Crippen LogP contribution in [0.1, 0.15) is 26.2 Å². The molecule has 0 amide bonds. The third-order valence-electron chi connectivity index (χ3n) is 2.61. The van der Waals surface area contributed by atoms with E-state index in [1.807, 2.05) is 6.07 Å². The lowest BCUT2D eigenvalue weighted by Gasteiger charge is -2.23. The molecule has 1 aliphatic rings. The van der Waals surface area contributed by atoms with Crippen LogP contribution in [-0.4, -0.2) is 35.8 Å². The Kier molecular flexibility index (Phi) is 4.55. The Morgan fingerprint density at radius 2 is 2.47 bits per heavy atom. The quantitative estimate of drug-likeness (QED) is 0.847. The summed E-state index contributed by atoms with van der Waals surface area (Å²) in [5.74, 6) is 1.43. The molecule has 94 valence electrons. The Balaban J connectivity index is 1.90. The maximum atomic E-state index is 5.46. The van der Waals surface area contributed by atoms with E-state index in [1.165, 1.54) is 6.33 Å². The Hall–Kier alpha value is -1.36. The second-order valence-corrected chi connectivity index (χ2v) is 4.15. The molecule has 2 heterocycles. The molecule has 5 nitrogen and oxygen atoms in total. The zero-order valence-corrected chi connectivity index (χ0v) is 10.2. The van der Waals surface area contributed by atoms with Gasteiger partial charge in [0.2, 0.25) is 5.88 Å². The van der Waals surface area contributed by atoms with Crippen LogP contribution in [0, 0.1) is 0 Å². The molecule has 1 aromatic rings. The maximum Gasteiger partial charge on any atom is 0.218 e. The predicted molar refractivity (Wildman–Crippen MR) is 65.3 cm³/mol. The Morgan fingerprint density at radius 3 is 3.24 bits per heavy atom. The highest BCUT2D eigenvalue weighted by Gasteiger charge is 2.14. The molecule has 17 heavy (non-hydrogen) atoms. The van der Waals surface area contributed by atoms with E-state index in [2.05, 4.69) is 22.2 Å². The van der Waals surface area contributed by atoms with Gasteiger partial charge in [-0.1, -0.05) is 6.92 Å². The van der Waals surface area contributed by atoms with Crippen LogP contribution in [-0.2, 0) is 4.74 Å². The summed E-state index contributed by atoms with van der Waals surface area (Å²) in [5, 5.41) is 3.34. The third kappa shape index (κ3) is 3.85. The van der Waals surface area contributed by atoms with Gasteiger partial charge < -0.3 is 14.8 Å². The lowest BCUT2D eigenvalue weighted by Crippen LogP contribution is -2.30. The van der Waals surface area contributed by atoms with Crippen LogP contribution in [0.15, 0.2) is 12.4 Å². The highest BCUT2D eigenvalue weighted by molar-refractivity contribution is 5.38. The van der Waals surface area contributed by atoms with E-state index in [0.29, 0.717) is 18.5 Å². The molecule has 0 aromatic carbocycles. The number of nitrogens with one attached hydrogen (secondary N) is 1. The normalized spacial score (nSPS) is 19.9. The fourth-order valence-electron chi connectivity index (χ4n) is 1.77. The molecule has 0 spiro atoms. The van der Waals surface area contributed by atoms with Gasteiger partial charge in [-0.05, 0) is 19.3 Å². The summed E-state index contributed by atoms with van der Waals surface area (Å²) in [5.41, 5.74) is 0. The molecule has 1 atom stereocenters. The van der Waals surface area contributed by atoms with E-state index in [4.69, 9.17) is 9.47 Å². The number of nitrogens with zero attached hydrogens (tertiary/aromatic N) is 2. The maximum absolute atomic E-state index is 5.46. The van der Waals surface area contributed by atoms with Crippen LogP contribution in [0.5, 0.6) is 5.88 Å². The molecule has 1 aromatic heterocycles. The first-order valence-electron chi connectivity index (χ1n) is 6.17. The first-order valence-corrected chi connectivity index (χ1v) is 6.17. The van der Waals surface area contributed by atoms with Gasteiger partial charge in [0.1, 0.15) is 12.1 Å². The lowest BCUT2D eigenvalue weighted by atomic mass is 10.1. The second kappa shape index (κ2) is 6.39. The van der Waals surface area contributed by atoms with Gasteiger partial charge in [0, 0.05) is 12.7 Å². The van der Waals surface area contributed by atoms with Crippen molar-refractivity contribution in [2.45, 2.75) is 32.2 Å². The van der Waals surface area contributed by atoms with Crippen molar-refractivity contribution in [1.29, 1.82) is 0 Å². The number of ether oxygens (including phenoxy) is 2. The molecule has 1 unspecified atom stereocenters. The summed E-state index contributed by atoms with van der Waals surface area (Å²) in [6.45, 7) is 4.37. The minimum absolute atomic E-state index is 0.345. The molecular formula is C12H19N3O2. The molecule has 0 saturated carbocycles. The molecule has 2 rings (SSSR count). The van der Waals surface area contributed by atoms with Crippen molar-refractivity contribution in [3.63, 3.8) is 0 Å². The van der Waals surface area contributed by atoms with Gasteiger partial charge >= 0.3 is 0 Å². The van der Waals surface area contributed by atoms with Crippen molar-refractivity contribution in [2.75, 3.05) is 25.1 Å². The Labute approximate surface area is 102 Å². The van der Waals surface area contributed by atoms with Crippen molar-refractivity contribution in [3.8, 4) is 5.88 Å². The zero-order chi connectivity index (χ0) is 11.9. The van der Waals surface area contributed by atoms with Gasteiger partial charge in [-0.15, -0.1) is 0 Å². The number of rotatable bonds is 5. The minimum atomic E-state index is 0.345. The number of hydrogen-bond acceptors (Lipinski definition) is 5. The summed E-state index contributed by atoms with van der Waals surface area (Å²) < 4.78 is 10.9. The molecule has 1 N–H and O–H groups in total. The second-order valence-electron chi connectivity index (χ2n) is 4.15. The average Bonchev–Trinajstić information content (AvgIpc) is 2.38. The van der Waals surface area contributed by atoms with Crippen LogP contribution in [0.25, 0.3) is 0 Å². The molecular weight excluding hydrogens is 218 g/mol. The average molecular weight is 237 g/mol. The summed E-state index contributed by atoms with van der Waals surface area (Å²) in [4.78, 5) is 8.25.